The number of aryl methyl sites for hydroxylation is 1. The summed E-state index contributed by atoms with van der Waals surface area (Å²) in [4.78, 5) is 41.2. The highest BCUT2D eigenvalue weighted by atomic mass is 16.5. The number of nitrogens with one attached hydrogen (secondary N) is 2. The van der Waals surface area contributed by atoms with Crippen molar-refractivity contribution in [1.29, 1.82) is 0 Å². The molecule has 30 heavy (non-hydrogen) atoms. The standard InChI is InChI=1S/C23H21N3O4/c1-3-30-23(29)17-13-14-20(24-15(17)2)22(28)26-19-12-8-7-11-18(19)25-21(27)16-9-5-4-6-10-16/h4-14H,3H2,1-2H3,(H,25,27)(H,26,28). The number of hydrogen-bond acceptors (Lipinski definition) is 5. The zero-order valence-electron chi connectivity index (χ0n) is 16.6. The number of pyridine rings is 1. The van der Waals surface area contributed by atoms with Crippen LogP contribution in [0.1, 0.15) is 43.8 Å². The molecule has 0 aliphatic heterocycles. The van der Waals surface area contributed by atoms with Gasteiger partial charge in [-0.2, -0.15) is 0 Å². The molecule has 2 amide bonds. The first-order valence-electron chi connectivity index (χ1n) is 9.41. The molecule has 0 spiro atoms. The van der Waals surface area contributed by atoms with Crippen molar-refractivity contribution in [3.63, 3.8) is 0 Å². The molecule has 0 saturated carbocycles. The molecule has 3 aromatic rings. The third kappa shape index (κ3) is 4.88. The summed E-state index contributed by atoms with van der Waals surface area (Å²) >= 11 is 0. The number of amides is 2. The van der Waals surface area contributed by atoms with Gasteiger partial charge in [0, 0.05) is 5.56 Å². The van der Waals surface area contributed by atoms with Crippen molar-refractivity contribution in [3.05, 3.63) is 89.2 Å². The number of aromatic nitrogens is 1. The highest BCUT2D eigenvalue weighted by molar-refractivity contribution is 6.09. The van der Waals surface area contributed by atoms with Crippen LogP contribution in [0.2, 0.25) is 0 Å². The third-order valence-electron chi connectivity index (χ3n) is 4.27. The lowest BCUT2D eigenvalue weighted by molar-refractivity contribution is 0.0524. The summed E-state index contributed by atoms with van der Waals surface area (Å²) in [7, 11) is 0. The summed E-state index contributed by atoms with van der Waals surface area (Å²) in [6, 6.07) is 18.6. The van der Waals surface area contributed by atoms with Crippen molar-refractivity contribution in [2.24, 2.45) is 0 Å². The third-order valence-corrected chi connectivity index (χ3v) is 4.27. The molecule has 2 aromatic carbocycles. The molecule has 152 valence electrons. The van der Waals surface area contributed by atoms with E-state index in [-0.39, 0.29) is 18.2 Å². The van der Waals surface area contributed by atoms with Gasteiger partial charge in [-0.05, 0) is 50.2 Å². The van der Waals surface area contributed by atoms with Crippen LogP contribution in [0.25, 0.3) is 0 Å². The second-order valence-corrected chi connectivity index (χ2v) is 6.37. The lowest BCUT2D eigenvalue weighted by Gasteiger charge is -2.13. The fourth-order valence-electron chi connectivity index (χ4n) is 2.78. The van der Waals surface area contributed by atoms with Gasteiger partial charge in [0.25, 0.3) is 11.8 Å². The summed E-state index contributed by atoms with van der Waals surface area (Å²) < 4.78 is 4.97. The van der Waals surface area contributed by atoms with Gasteiger partial charge in [-0.15, -0.1) is 0 Å². The topological polar surface area (TPSA) is 97.4 Å². The number of para-hydroxylation sites is 2. The molecule has 0 aliphatic carbocycles. The lowest BCUT2D eigenvalue weighted by Crippen LogP contribution is -2.18. The zero-order valence-corrected chi connectivity index (χ0v) is 16.6. The first kappa shape index (κ1) is 20.7. The van der Waals surface area contributed by atoms with E-state index in [2.05, 4.69) is 15.6 Å². The Morgan fingerprint density at radius 1 is 0.833 bits per heavy atom. The molecule has 7 nitrogen and oxygen atoms in total. The van der Waals surface area contributed by atoms with Crippen LogP contribution in [0.4, 0.5) is 11.4 Å². The van der Waals surface area contributed by atoms with E-state index < -0.39 is 11.9 Å². The predicted octanol–water partition coefficient (Wildman–Crippen LogP) is 4.07. The van der Waals surface area contributed by atoms with Gasteiger partial charge in [0.05, 0.1) is 29.2 Å². The smallest absolute Gasteiger partial charge is 0.339 e. The maximum atomic E-state index is 12.7. The molecule has 7 heteroatoms. The van der Waals surface area contributed by atoms with E-state index in [0.717, 1.165) is 0 Å². The highest BCUT2D eigenvalue weighted by Crippen LogP contribution is 2.22. The monoisotopic (exact) mass is 403 g/mol. The SMILES string of the molecule is CCOC(=O)c1ccc(C(=O)Nc2ccccc2NC(=O)c2ccccc2)nc1C. The van der Waals surface area contributed by atoms with Crippen molar-refractivity contribution in [2.45, 2.75) is 13.8 Å². The molecular formula is C23H21N3O4. The van der Waals surface area contributed by atoms with E-state index in [0.29, 0.717) is 28.2 Å². The minimum absolute atomic E-state index is 0.143. The van der Waals surface area contributed by atoms with Crippen LogP contribution in [0.3, 0.4) is 0 Å². The van der Waals surface area contributed by atoms with E-state index in [9.17, 15) is 14.4 Å². The normalized spacial score (nSPS) is 10.2. The van der Waals surface area contributed by atoms with Crippen molar-refractivity contribution in [3.8, 4) is 0 Å². The van der Waals surface area contributed by atoms with Crippen LogP contribution < -0.4 is 10.6 Å². The van der Waals surface area contributed by atoms with Gasteiger partial charge in [0.2, 0.25) is 0 Å². The van der Waals surface area contributed by atoms with Crippen molar-refractivity contribution in [2.75, 3.05) is 17.2 Å². The number of carbonyl (C=O) groups excluding carboxylic acids is 3. The molecular weight excluding hydrogens is 382 g/mol. The Bertz CT molecular complexity index is 1080. The number of rotatable bonds is 6. The molecule has 1 aromatic heterocycles. The number of hydrogen-bond donors (Lipinski definition) is 2. The van der Waals surface area contributed by atoms with Gasteiger partial charge < -0.3 is 15.4 Å². The fourth-order valence-corrected chi connectivity index (χ4v) is 2.78. The summed E-state index contributed by atoms with van der Waals surface area (Å²) in [5, 5.41) is 5.55. The number of ether oxygens (including phenoxy) is 1. The average Bonchev–Trinajstić information content (AvgIpc) is 2.75. The Kier molecular flexibility index (Phi) is 6.54. The van der Waals surface area contributed by atoms with Crippen molar-refractivity contribution >= 4 is 29.2 Å². The second kappa shape index (κ2) is 9.47. The van der Waals surface area contributed by atoms with Crippen LogP contribution in [0.5, 0.6) is 0 Å². The molecule has 0 saturated heterocycles. The van der Waals surface area contributed by atoms with E-state index in [4.69, 9.17) is 4.74 Å². The predicted molar refractivity (Wildman–Crippen MR) is 114 cm³/mol. The quantitative estimate of drug-likeness (QED) is 0.605. The summed E-state index contributed by atoms with van der Waals surface area (Å²) in [6.45, 7) is 3.61. The summed E-state index contributed by atoms with van der Waals surface area (Å²) in [5.74, 6) is -1.23. The fraction of sp³-hybridized carbons (Fsp3) is 0.130. The van der Waals surface area contributed by atoms with Crippen LogP contribution >= 0.6 is 0 Å². The summed E-state index contributed by atoms with van der Waals surface area (Å²) in [5.41, 5.74) is 2.24. The Labute approximate surface area is 174 Å². The van der Waals surface area contributed by atoms with Gasteiger partial charge in [-0.3, -0.25) is 9.59 Å². The number of benzene rings is 2. The van der Waals surface area contributed by atoms with Crippen LogP contribution in [-0.2, 0) is 4.74 Å². The Morgan fingerprint density at radius 2 is 1.43 bits per heavy atom. The second-order valence-electron chi connectivity index (χ2n) is 6.37. The van der Waals surface area contributed by atoms with Gasteiger partial charge in [0.15, 0.2) is 0 Å². The number of anilines is 2. The minimum Gasteiger partial charge on any atom is -0.462 e. The first-order chi connectivity index (χ1) is 14.5. The van der Waals surface area contributed by atoms with Gasteiger partial charge in [-0.1, -0.05) is 30.3 Å². The number of esters is 1. The van der Waals surface area contributed by atoms with Crippen LogP contribution in [0.15, 0.2) is 66.7 Å². The molecule has 0 unspecified atom stereocenters. The molecule has 2 N–H and O–H groups in total. The number of nitrogens with zero attached hydrogens (tertiary/aromatic N) is 1. The average molecular weight is 403 g/mol. The van der Waals surface area contributed by atoms with Crippen LogP contribution in [0, 0.1) is 6.92 Å². The zero-order chi connectivity index (χ0) is 21.5. The maximum absolute atomic E-state index is 12.7. The van der Waals surface area contributed by atoms with E-state index in [1.54, 1.807) is 62.4 Å². The lowest BCUT2D eigenvalue weighted by atomic mass is 10.1. The molecule has 0 radical (unpaired) electrons. The highest BCUT2D eigenvalue weighted by Gasteiger charge is 2.16. The molecule has 0 bridgehead atoms. The van der Waals surface area contributed by atoms with Crippen molar-refractivity contribution < 1.29 is 19.1 Å². The first-order valence-corrected chi connectivity index (χ1v) is 9.41. The van der Waals surface area contributed by atoms with Gasteiger partial charge in [0.1, 0.15) is 5.69 Å². The van der Waals surface area contributed by atoms with Crippen molar-refractivity contribution in [1.82, 2.24) is 4.98 Å². The van der Waals surface area contributed by atoms with E-state index in [1.165, 1.54) is 12.1 Å². The molecule has 3 rings (SSSR count). The minimum atomic E-state index is -0.483. The van der Waals surface area contributed by atoms with Gasteiger partial charge in [-0.25, -0.2) is 9.78 Å². The van der Waals surface area contributed by atoms with Gasteiger partial charge >= 0.3 is 5.97 Å². The summed E-state index contributed by atoms with van der Waals surface area (Å²) in [6.07, 6.45) is 0. The Hall–Kier alpha value is -4.00. The molecule has 0 aliphatic rings. The largest absolute Gasteiger partial charge is 0.462 e. The molecule has 1 heterocycles. The van der Waals surface area contributed by atoms with E-state index >= 15 is 0 Å². The maximum Gasteiger partial charge on any atom is 0.339 e. The Balaban J connectivity index is 1.77. The molecule has 0 atom stereocenters. The van der Waals surface area contributed by atoms with E-state index in [1.807, 2.05) is 6.07 Å². The number of carbonyl (C=O) groups is 3. The Morgan fingerprint density at radius 3 is 2.03 bits per heavy atom. The van der Waals surface area contributed by atoms with Crippen LogP contribution in [-0.4, -0.2) is 29.4 Å². The molecule has 0 fully saturated rings.